The van der Waals surface area contributed by atoms with E-state index in [1.807, 2.05) is 24.3 Å². The van der Waals surface area contributed by atoms with Crippen LogP contribution in [0.15, 0.2) is 24.3 Å². The molecule has 1 saturated carbocycles. The Hall–Kier alpha value is -1.15. The molecule has 0 aliphatic heterocycles. The van der Waals surface area contributed by atoms with Gasteiger partial charge in [-0.25, -0.2) is 0 Å². The molecule has 1 aliphatic rings. The summed E-state index contributed by atoms with van der Waals surface area (Å²) in [5, 5.41) is 0. The first-order valence-electron chi connectivity index (χ1n) is 6.06. The van der Waals surface area contributed by atoms with Crippen LogP contribution >= 0.6 is 0 Å². The zero-order valence-electron chi connectivity index (χ0n) is 9.83. The van der Waals surface area contributed by atoms with E-state index in [2.05, 4.69) is 6.92 Å². The first kappa shape index (κ1) is 11.3. The molecular formula is C14H19NO. The van der Waals surface area contributed by atoms with Crippen LogP contribution in [-0.4, -0.2) is 12.3 Å². The molecule has 0 aromatic heterocycles. The molecule has 0 radical (unpaired) electrons. The molecule has 1 fully saturated rings. The van der Waals surface area contributed by atoms with Gasteiger partial charge in [0.05, 0.1) is 0 Å². The van der Waals surface area contributed by atoms with E-state index in [1.165, 1.54) is 5.56 Å². The van der Waals surface area contributed by atoms with Crippen molar-refractivity contribution in [1.29, 1.82) is 0 Å². The van der Waals surface area contributed by atoms with Gasteiger partial charge in [0.25, 0.3) is 0 Å². The lowest BCUT2D eigenvalue weighted by atomic mass is 9.64. The van der Waals surface area contributed by atoms with Crippen molar-refractivity contribution in [2.75, 3.05) is 6.54 Å². The Labute approximate surface area is 96.8 Å². The van der Waals surface area contributed by atoms with E-state index < -0.39 is 0 Å². The van der Waals surface area contributed by atoms with Gasteiger partial charge >= 0.3 is 0 Å². The van der Waals surface area contributed by atoms with Crippen molar-refractivity contribution in [3.8, 4) is 0 Å². The Morgan fingerprint density at radius 3 is 2.31 bits per heavy atom. The van der Waals surface area contributed by atoms with Gasteiger partial charge in [-0.3, -0.25) is 4.79 Å². The largest absolute Gasteiger partial charge is 0.329 e. The lowest BCUT2D eigenvalue weighted by Crippen LogP contribution is -2.44. The molecule has 0 saturated heterocycles. The zero-order valence-corrected chi connectivity index (χ0v) is 9.83. The number of carbonyl (C=O) groups excluding carboxylic acids is 1. The van der Waals surface area contributed by atoms with Crippen LogP contribution in [0.4, 0.5) is 0 Å². The quantitative estimate of drug-likeness (QED) is 0.788. The summed E-state index contributed by atoms with van der Waals surface area (Å²) in [7, 11) is 0. The molecule has 0 amide bonds. The number of nitrogens with two attached hydrogens (primary N) is 1. The predicted octanol–water partition coefficient (Wildman–Crippen LogP) is 2.56. The Kier molecular flexibility index (Phi) is 3.10. The molecular weight excluding hydrogens is 198 g/mol. The summed E-state index contributed by atoms with van der Waals surface area (Å²) < 4.78 is 0. The molecule has 0 heterocycles. The first-order chi connectivity index (χ1) is 7.72. The standard InChI is InChI=1S/C14H19NO/c1-2-11-4-6-12(7-5-11)13(16)14(10-15)8-3-9-14/h4-7H,2-3,8-10,15H2,1H3. The van der Waals surface area contributed by atoms with Crippen molar-refractivity contribution in [3.05, 3.63) is 35.4 Å². The molecule has 1 aromatic rings. The average Bonchev–Trinajstić information content (AvgIpc) is 2.28. The topological polar surface area (TPSA) is 43.1 Å². The molecule has 2 N–H and O–H groups in total. The highest BCUT2D eigenvalue weighted by Gasteiger charge is 2.42. The zero-order chi connectivity index (χ0) is 11.6. The third-order valence-corrected chi connectivity index (χ3v) is 3.81. The van der Waals surface area contributed by atoms with Gasteiger partial charge in [0.2, 0.25) is 0 Å². The highest BCUT2D eigenvalue weighted by Crippen LogP contribution is 2.42. The molecule has 2 rings (SSSR count). The van der Waals surface area contributed by atoms with Crippen molar-refractivity contribution >= 4 is 5.78 Å². The van der Waals surface area contributed by atoms with E-state index >= 15 is 0 Å². The molecule has 2 heteroatoms. The highest BCUT2D eigenvalue weighted by molar-refractivity contribution is 6.01. The van der Waals surface area contributed by atoms with Crippen LogP contribution in [0.1, 0.15) is 42.1 Å². The summed E-state index contributed by atoms with van der Waals surface area (Å²) in [5.41, 5.74) is 7.59. The van der Waals surface area contributed by atoms with Crippen LogP contribution in [0, 0.1) is 5.41 Å². The highest BCUT2D eigenvalue weighted by atomic mass is 16.1. The molecule has 0 spiro atoms. The van der Waals surface area contributed by atoms with Crippen LogP contribution in [0.5, 0.6) is 0 Å². The minimum atomic E-state index is -0.242. The van der Waals surface area contributed by atoms with Gasteiger partial charge in [-0.2, -0.15) is 0 Å². The van der Waals surface area contributed by atoms with E-state index in [0.717, 1.165) is 31.2 Å². The second-order valence-electron chi connectivity index (χ2n) is 4.72. The summed E-state index contributed by atoms with van der Waals surface area (Å²) in [6, 6.07) is 7.96. The van der Waals surface area contributed by atoms with E-state index in [4.69, 9.17) is 5.73 Å². The number of hydrogen-bond donors (Lipinski definition) is 1. The molecule has 1 aliphatic carbocycles. The average molecular weight is 217 g/mol. The van der Waals surface area contributed by atoms with E-state index in [1.54, 1.807) is 0 Å². The maximum atomic E-state index is 12.3. The number of hydrogen-bond acceptors (Lipinski definition) is 2. The Balaban J connectivity index is 2.20. The van der Waals surface area contributed by atoms with Crippen molar-refractivity contribution < 1.29 is 4.79 Å². The molecule has 0 bridgehead atoms. The smallest absolute Gasteiger partial charge is 0.170 e. The Morgan fingerprint density at radius 2 is 1.94 bits per heavy atom. The second kappa shape index (κ2) is 4.38. The fraction of sp³-hybridized carbons (Fsp3) is 0.500. The third-order valence-electron chi connectivity index (χ3n) is 3.81. The van der Waals surface area contributed by atoms with Gasteiger partial charge < -0.3 is 5.73 Å². The van der Waals surface area contributed by atoms with Gasteiger partial charge in [0.15, 0.2) is 5.78 Å². The molecule has 1 aromatic carbocycles. The maximum absolute atomic E-state index is 12.3. The van der Waals surface area contributed by atoms with Gasteiger partial charge in [0.1, 0.15) is 0 Å². The van der Waals surface area contributed by atoms with Crippen LogP contribution in [0.2, 0.25) is 0 Å². The first-order valence-corrected chi connectivity index (χ1v) is 6.06. The summed E-state index contributed by atoms with van der Waals surface area (Å²) >= 11 is 0. The lowest BCUT2D eigenvalue weighted by Gasteiger charge is -2.39. The van der Waals surface area contributed by atoms with Crippen LogP contribution in [0.25, 0.3) is 0 Å². The minimum Gasteiger partial charge on any atom is -0.329 e. The van der Waals surface area contributed by atoms with Crippen LogP contribution in [0.3, 0.4) is 0 Å². The Bertz CT molecular complexity index is 371. The number of Topliss-reactive ketones (excluding diaryl/α,β-unsaturated/α-hetero) is 1. The van der Waals surface area contributed by atoms with Crippen molar-refractivity contribution in [3.63, 3.8) is 0 Å². The number of ketones is 1. The molecule has 0 unspecified atom stereocenters. The fourth-order valence-electron chi connectivity index (χ4n) is 2.33. The third kappa shape index (κ3) is 1.78. The van der Waals surface area contributed by atoms with Gasteiger partial charge in [0, 0.05) is 17.5 Å². The van der Waals surface area contributed by atoms with Gasteiger partial charge in [-0.1, -0.05) is 37.6 Å². The van der Waals surface area contributed by atoms with Crippen molar-refractivity contribution in [2.24, 2.45) is 11.1 Å². The van der Waals surface area contributed by atoms with Crippen LogP contribution < -0.4 is 5.73 Å². The monoisotopic (exact) mass is 217 g/mol. The summed E-state index contributed by atoms with van der Waals surface area (Å²) in [4.78, 5) is 12.3. The van der Waals surface area contributed by atoms with E-state index in [9.17, 15) is 4.79 Å². The Morgan fingerprint density at radius 1 is 1.31 bits per heavy atom. The molecule has 0 atom stereocenters. The molecule has 86 valence electrons. The number of benzene rings is 1. The molecule has 16 heavy (non-hydrogen) atoms. The molecule has 2 nitrogen and oxygen atoms in total. The van der Waals surface area contributed by atoms with Gasteiger partial charge in [-0.05, 0) is 24.8 Å². The van der Waals surface area contributed by atoms with Crippen LogP contribution in [-0.2, 0) is 6.42 Å². The fourth-order valence-corrected chi connectivity index (χ4v) is 2.33. The van der Waals surface area contributed by atoms with E-state index in [-0.39, 0.29) is 11.2 Å². The van der Waals surface area contributed by atoms with Gasteiger partial charge in [-0.15, -0.1) is 0 Å². The lowest BCUT2D eigenvalue weighted by molar-refractivity contribution is 0.0636. The van der Waals surface area contributed by atoms with E-state index in [0.29, 0.717) is 6.54 Å². The maximum Gasteiger partial charge on any atom is 0.170 e. The minimum absolute atomic E-state index is 0.240. The number of rotatable bonds is 4. The van der Waals surface area contributed by atoms with Crippen molar-refractivity contribution in [1.82, 2.24) is 0 Å². The SMILES string of the molecule is CCc1ccc(C(=O)C2(CN)CCC2)cc1. The normalized spacial score (nSPS) is 17.9. The summed E-state index contributed by atoms with van der Waals surface area (Å²) in [6.45, 7) is 2.60. The van der Waals surface area contributed by atoms with Crippen molar-refractivity contribution in [2.45, 2.75) is 32.6 Å². The summed E-state index contributed by atoms with van der Waals surface area (Å²) in [6.07, 6.45) is 4.06. The predicted molar refractivity (Wildman–Crippen MR) is 65.5 cm³/mol. The second-order valence-corrected chi connectivity index (χ2v) is 4.72. The summed E-state index contributed by atoms with van der Waals surface area (Å²) in [5.74, 6) is 0.240. The number of carbonyl (C=O) groups is 1. The number of aryl methyl sites for hydroxylation is 1.